The van der Waals surface area contributed by atoms with Crippen molar-refractivity contribution in [1.82, 2.24) is 15.2 Å². The minimum atomic E-state index is -0.225. The molecule has 28 heavy (non-hydrogen) atoms. The number of likely N-dealkylation sites (tertiary alicyclic amines) is 1. The SMILES string of the molecule is CN=C(NCc1ccnc(N2CCOC(C)C2)c1)N1CCCC(CC(N)=O)C1. The number of ether oxygens (including phenoxy) is 1. The number of hydrogen-bond donors (Lipinski definition) is 2. The molecular weight excluding hydrogens is 356 g/mol. The molecule has 0 aromatic carbocycles. The van der Waals surface area contributed by atoms with Gasteiger partial charge < -0.3 is 25.6 Å². The summed E-state index contributed by atoms with van der Waals surface area (Å²) in [5, 5.41) is 3.46. The number of nitrogens with one attached hydrogen (secondary N) is 1. The van der Waals surface area contributed by atoms with E-state index in [-0.39, 0.29) is 12.0 Å². The number of primary amides is 1. The highest BCUT2D eigenvalue weighted by Gasteiger charge is 2.23. The molecule has 2 saturated heterocycles. The number of hydrogen-bond acceptors (Lipinski definition) is 5. The molecule has 1 amide bonds. The van der Waals surface area contributed by atoms with E-state index < -0.39 is 0 Å². The maximum atomic E-state index is 11.2. The van der Waals surface area contributed by atoms with E-state index in [0.717, 1.165) is 63.0 Å². The number of pyridine rings is 1. The second-order valence-corrected chi connectivity index (χ2v) is 7.68. The highest BCUT2D eigenvalue weighted by Crippen LogP contribution is 2.20. The van der Waals surface area contributed by atoms with E-state index in [1.807, 2.05) is 12.3 Å². The lowest BCUT2D eigenvalue weighted by atomic mass is 9.95. The van der Waals surface area contributed by atoms with Crippen LogP contribution in [0.2, 0.25) is 0 Å². The van der Waals surface area contributed by atoms with Crippen molar-refractivity contribution in [3.63, 3.8) is 0 Å². The number of aromatic nitrogens is 1. The maximum Gasteiger partial charge on any atom is 0.217 e. The second kappa shape index (κ2) is 9.73. The molecule has 0 bridgehead atoms. The number of carbonyl (C=O) groups is 1. The minimum absolute atomic E-state index is 0.225. The summed E-state index contributed by atoms with van der Waals surface area (Å²) in [5.41, 5.74) is 6.54. The van der Waals surface area contributed by atoms with Crippen molar-refractivity contribution in [2.24, 2.45) is 16.6 Å². The lowest BCUT2D eigenvalue weighted by molar-refractivity contribution is -0.119. The van der Waals surface area contributed by atoms with Gasteiger partial charge in [0.15, 0.2) is 5.96 Å². The van der Waals surface area contributed by atoms with Gasteiger partial charge >= 0.3 is 0 Å². The number of guanidine groups is 1. The van der Waals surface area contributed by atoms with E-state index in [2.05, 4.69) is 38.1 Å². The molecule has 3 rings (SSSR count). The molecule has 2 unspecified atom stereocenters. The van der Waals surface area contributed by atoms with Crippen LogP contribution in [0, 0.1) is 5.92 Å². The lowest BCUT2D eigenvalue weighted by Crippen LogP contribution is -2.47. The number of nitrogens with zero attached hydrogens (tertiary/aromatic N) is 4. The molecule has 0 aliphatic carbocycles. The summed E-state index contributed by atoms with van der Waals surface area (Å²) in [6.07, 6.45) is 4.62. The van der Waals surface area contributed by atoms with Gasteiger partial charge in [-0.25, -0.2) is 4.98 Å². The first-order valence-corrected chi connectivity index (χ1v) is 10.1. The Morgan fingerprint density at radius 1 is 1.43 bits per heavy atom. The zero-order valence-corrected chi connectivity index (χ0v) is 16.9. The topological polar surface area (TPSA) is 96.1 Å². The van der Waals surface area contributed by atoms with Crippen LogP contribution in [0.25, 0.3) is 0 Å². The molecular formula is C20H32N6O2. The quantitative estimate of drug-likeness (QED) is 0.576. The third-order valence-electron chi connectivity index (χ3n) is 5.35. The lowest BCUT2D eigenvalue weighted by Gasteiger charge is -2.34. The van der Waals surface area contributed by atoms with Crippen LogP contribution in [0.3, 0.4) is 0 Å². The first-order chi connectivity index (χ1) is 13.5. The van der Waals surface area contributed by atoms with Gasteiger partial charge in [0.2, 0.25) is 5.91 Å². The van der Waals surface area contributed by atoms with Crippen molar-refractivity contribution in [3.8, 4) is 0 Å². The molecule has 2 aliphatic heterocycles. The summed E-state index contributed by atoms with van der Waals surface area (Å²) in [6, 6.07) is 4.16. The standard InChI is InChI=1S/C20H32N6O2/c1-15-13-25(8-9-28-15)19-11-16(5-6-23-19)12-24-20(22-2)26-7-3-4-17(14-26)10-18(21)27/h5-6,11,15,17H,3-4,7-10,12-14H2,1-2H3,(H2,21,27)(H,22,24). The van der Waals surface area contributed by atoms with Crippen molar-refractivity contribution >= 4 is 17.7 Å². The van der Waals surface area contributed by atoms with Crippen LogP contribution in [-0.2, 0) is 16.1 Å². The Labute approximate surface area is 167 Å². The van der Waals surface area contributed by atoms with Gasteiger partial charge in [0.05, 0.1) is 12.7 Å². The summed E-state index contributed by atoms with van der Waals surface area (Å²) in [7, 11) is 1.80. The van der Waals surface area contributed by atoms with Gasteiger partial charge in [-0.2, -0.15) is 0 Å². The largest absolute Gasteiger partial charge is 0.375 e. The van der Waals surface area contributed by atoms with Crippen LogP contribution < -0.4 is 16.0 Å². The molecule has 1 aromatic rings. The Hall–Kier alpha value is -2.35. The average Bonchev–Trinajstić information content (AvgIpc) is 2.68. The third-order valence-corrected chi connectivity index (χ3v) is 5.35. The smallest absolute Gasteiger partial charge is 0.217 e. The number of nitrogens with two attached hydrogens (primary N) is 1. The molecule has 1 aromatic heterocycles. The third kappa shape index (κ3) is 5.58. The van der Waals surface area contributed by atoms with Crippen molar-refractivity contribution in [2.45, 2.75) is 38.8 Å². The van der Waals surface area contributed by atoms with Crippen LogP contribution >= 0.6 is 0 Å². The molecule has 2 aliphatic rings. The number of amides is 1. The number of carbonyl (C=O) groups excluding carboxylic acids is 1. The Morgan fingerprint density at radius 3 is 3.04 bits per heavy atom. The molecule has 0 saturated carbocycles. The van der Waals surface area contributed by atoms with Gasteiger partial charge in [0.25, 0.3) is 0 Å². The van der Waals surface area contributed by atoms with Gasteiger partial charge in [-0.3, -0.25) is 9.79 Å². The van der Waals surface area contributed by atoms with E-state index in [1.165, 1.54) is 0 Å². The fraction of sp³-hybridized carbons (Fsp3) is 0.650. The molecule has 8 nitrogen and oxygen atoms in total. The highest BCUT2D eigenvalue weighted by molar-refractivity contribution is 5.80. The maximum absolute atomic E-state index is 11.2. The van der Waals surface area contributed by atoms with Gasteiger partial charge in [0, 0.05) is 52.4 Å². The van der Waals surface area contributed by atoms with Crippen molar-refractivity contribution in [1.29, 1.82) is 0 Å². The summed E-state index contributed by atoms with van der Waals surface area (Å²) in [5.74, 6) is 1.94. The fourth-order valence-corrected chi connectivity index (χ4v) is 3.99. The summed E-state index contributed by atoms with van der Waals surface area (Å²) < 4.78 is 5.62. The summed E-state index contributed by atoms with van der Waals surface area (Å²) >= 11 is 0. The van der Waals surface area contributed by atoms with Crippen molar-refractivity contribution < 1.29 is 9.53 Å². The second-order valence-electron chi connectivity index (χ2n) is 7.68. The van der Waals surface area contributed by atoms with Crippen LogP contribution in [0.5, 0.6) is 0 Å². The Kier molecular flexibility index (Phi) is 7.08. The van der Waals surface area contributed by atoms with Gasteiger partial charge in [-0.15, -0.1) is 0 Å². The van der Waals surface area contributed by atoms with Crippen LogP contribution in [0.4, 0.5) is 5.82 Å². The van der Waals surface area contributed by atoms with Crippen LogP contribution in [0.15, 0.2) is 23.3 Å². The van der Waals surface area contributed by atoms with E-state index >= 15 is 0 Å². The molecule has 3 heterocycles. The van der Waals surface area contributed by atoms with E-state index in [1.54, 1.807) is 7.05 Å². The monoisotopic (exact) mass is 388 g/mol. The predicted molar refractivity (Wildman–Crippen MR) is 110 cm³/mol. The van der Waals surface area contributed by atoms with Gasteiger partial charge in [-0.1, -0.05) is 0 Å². The number of anilines is 1. The number of aliphatic imine (C=N–C) groups is 1. The van der Waals surface area contributed by atoms with Crippen molar-refractivity contribution in [2.75, 3.05) is 44.7 Å². The van der Waals surface area contributed by atoms with Crippen LogP contribution in [0.1, 0.15) is 31.7 Å². The molecule has 0 radical (unpaired) electrons. The van der Waals surface area contributed by atoms with Crippen molar-refractivity contribution in [3.05, 3.63) is 23.9 Å². The summed E-state index contributed by atoms with van der Waals surface area (Å²) in [6.45, 7) is 6.99. The Bertz CT molecular complexity index is 695. The average molecular weight is 389 g/mol. The van der Waals surface area contributed by atoms with Gasteiger partial charge in [0.1, 0.15) is 5.82 Å². The molecule has 0 spiro atoms. The Balaban J connectivity index is 1.58. The van der Waals surface area contributed by atoms with E-state index in [0.29, 0.717) is 18.9 Å². The molecule has 3 N–H and O–H groups in total. The normalized spacial score (nSPS) is 23.6. The highest BCUT2D eigenvalue weighted by atomic mass is 16.5. The van der Waals surface area contributed by atoms with E-state index in [4.69, 9.17) is 10.5 Å². The molecule has 8 heteroatoms. The first-order valence-electron chi connectivity index (χ1n) is 10.1. The van der Waals surface area contributed by atoms with E-state index in [9.17, 15) is 4.79 Å². The first kappa shape index (κ1) is 20.4. The number of piperidine rings is 1. The Morgan fingerprint density at radius 2 is 2.29 bits per heavy atom. The minimum Gasteiger partial charge on any atom is -0.375 e. The number of morpholine rings is 1. The zero-order valence-electron chi connectivity index (χ0n) is 16.9. The molecule has 2 atom stereocenters. The van der Waals surface area contributed by atoms with Crippen LogP contribution in [-0.4, -0.2) is 67.7 Å². The zero-order chi connectivity index (χ0) is 19.9. The molecule has 2 fully saturated rings. The molecule has 154 valence electrons. The predicted octanol–water partition coefficient (Wildman–Crippen LogP) is 0.970. The summed E-state index contributed by atoms with van der Waals surface area (Å²) in [4.78, 5) is 24.7. The number of rotatable bonds is 5. The van der Waals surface area contributed by atoms with Gasteiger partial charge in [-0.05, 0) is 43.4 Å². The fourth-order valence-electron chi connectivity index (χ4n) is 3.99.